The lowest BCUT2D eigenvalue weighted by Gasteiger charge is -2.36. The van der Waals surface area contributed by atoms with Crippen molar-refractivity contribution in [3.63, 3.8) is 0 Å². The van der Waals surface area contributed by atoms with Crippen molar-refractivity contribution in [1.82, 2.24) is 14.9 Å². The van der Waals surface area contributed by atoms with Crippen LogP contribution in [0.3, 0.4) is 0 Å². The van der Waals surface area contributed by atoms with E-state index in [-0.39, 0.29) is 17.5 Å². The Kier molecular flexibility index (Phi) is 8.15. The lowest BCUT2D eigenvalue weighted by Crippen LogP contribution is -2.50. The van der Waals surface area contributed by atoms with E-state index in [1.165, 1.54) is 31.4 Å². The average molecular weight is 587 g/mol. The van der Waals surface area contributed by atoms with E-state index >= 15 is 0 Å². The normalized spacial score (nSPS) is 13.7. The summed E-state index contributed by atoms with van der Waals surface area (Å²) in [5.41, 5.74) is 0.480. The molecule has 4 rings (SSSR count). The Morgan fingerprint density at radius 2 is 1.76 bits per heavy atom. The van der Waals surface area contributed by atoms with Crippen molar-refractivity contribution in [3.05, 3.63) is 64.5 Å². The standard InChI is InChI=1S/C27H28BrFN4O5/c1-27(2,3)38-26(35)33-9-7-32(8-10-33)23-6-5-21(16-30-23)37-24-14-18(25(34)36-4)13-22(31-24)17-11-19(28)15-20(29)12-17/h5-6,11-16H,7-10H2,1-4H3. The number of ether oxygens (including phenoxy) is 3. The number of anilines is 1. The van der Waals surface area contributed by atoms with Crippen molar-refractivity contribution in [1.29, 1.82) is 0 Å². The number of carbonyl (C=O) groups is 2. The smallest absolute Gasteiger partial charge is 0.410 e. The largest absolute Gasteiger partial charge is 0.465 e. The van der Waals surface area contributed by atoms with Crippen molar-refractivity contribution in [3.8, 4) is 22.9 Å². The van der Waals surface area contributed by atoms with E-state index in [9.17, 15) is 14.0 Å². The topological polar surface area (TPSA) is 94.1 Å². The number of rotatable bonds is 5. The van der Waals surface area contributed by atoms with Crippen LogP contribution in [0.1, 0.15) is 31.1 Å². The second kappa shape index (κ2) is 11.3. The monoisotopic (exact) mass is 586 g/mol. The molecule has 9 nitrogen and oxygen atoms in total. The SMILES string of the molecule is COC(=O)c1cc(Oc2ccc(N3CCN(C(=O)OC(C)(C)C)CC3)nc2)nc(-c2cc(F)cc(Br)c2)c1. The molecule has 2 aromatic heterocycles. The van der Waals surface area contributed by atoms with Gasteiger partial charge in [-0.1, -0.05) is 15.9 Å². The number of hydrogen-bond acceptors (Lipinski definition) is 8. The molecule has 1 aliphatic heterocycles. The van der Waals surface area contributed by atoms with Crippen LogP contribution in [0.4, 0.5) is 15.0 Å². The second-order valence-electron chi connectivity index (χ2n) is 9.64. The highest BCUT2D eigenvalue weighted by Gasteiger charge is 2.26. The van der Waals surface area contributed by atoms with Gasteiger partial charge in [0.15, 0.2) is 0 Å². The van der Waals surface area contributed by atoms with Gasteiger partial charge in [0.2, 0.25) is 5.88 Å². The van der Waals surface area contributed by atoms with Gasteiger partial charge in [-0.3, -0.25) is 0 Å². The fraction of sp³-hybridized carbons (Fsp3) is 0.333. The van der Waals surface area contributed by atoms with Gasteiger partial charge in [-0.2, -0.15) is 0 Å². The Morgan fingerprint density at radius 3 is 2.37 bits per heavy atom. The summed E-state index contributed by atoms with van der Waals surface area (Å²) < 4.78 is 30.7. The Hall–Kier alpha value is -3.73. The number of amides is 1. The maximum absolute atomic E-state index is 14.0. The summed E-state index contributed by atoms with van der Waals surface area (Å²) in [5, 5.41) is 0. The summed E-state index contributed by atoms with van der Waals surface area (Å²) in [6.45, 7) is 7.81. The van der Waals surface area contributed by atoms with Crippen molar-refractivity contribution >= 4 is 33.8 Å². The molecule has 3 aromatic rings. The molecule has 1 amide bonds. The third kappa shape index (κ3) is 6.97. The van der Waals surface area contributed by atoms with E-state index in [4.69, 9.17) is 14.2 Å². The molecule has 0 N–H and O–H groups in total. The highest BCUT2D eigenvalue weighted by molar-refractivity contribution is 9.10. The van der Waals surface area contributed by atoms with Gasteiger partial charge < -0.3 is 24.0 Å². The summed E-state index contributed by atoms with van der Waals surface area (Å²) in [7, 11) is 1.28. The molecule has 0 unspecified atom stereocenters. The Bertz CT molecular complexity index is 1300. The summed E-state index contributed by atoms with van der Waals surface area (Å²) in [5.74, 6) is 0.246. The van der Waals surface area contributed by atoms with Gasteiger partial charge in [0, 0.05) is 42.3 Å². The number of esters is 1. The molecule has 0 saturated carbocycles. The summed E-state index contributed by atoms with van der Waals surface area (Å²) in [6, 6.07) is 10.9. The van der Waals surface area contributed by atoms with Crippen molar-refractivity contribution in [2.45, 2.75) is 26.4 Å². The third-order valence-corrected chi connectivity index (χ3v) is 6.04. The number of nitrogens with zero attached hydrogens (tertiary/aromatic N) is 4. The van der Waals surface area contributed by atoms with Crippen LogP contribution in [0.5, 0.6) is 11.6 Å². The van der Waals surface area contributed by atoms with Crippen LogP contribution in [-0.4, -0.2) is 65.8 Å². The predicted octanol–water partition coefficient (Wildman–Crippen LogP) is 5.68. The second-order valence-corrected chi connectivity index (χ2v) is 10.6. The van der Waals surface area contributed by atoms with E-state index in [0.29, 0.717) is 47.7 Å². The van der Waals surface area contributed by atoms with E-state index in [2.05, 4.69) is 30.8 Å². The molecule has 1 saturated heterocycles. The minimum Gasteiger partial charge on any atom is -0.465 e. The molecule has 0 radical (unpaired) electrons. The van der Waals surface area contributed by atoms with E-state index in [1.807, 2.05) is 26.8 Å². The van der Waals surface area contributed by atoms with Gasteiger partial charge in [0.1, 0.15) is 23.0 Å². The molecule has 11 heteroatoms. The molecule has 1 fully saturated rings. The summed E-state index contributed by atoms with van der Waals surface area (Å²) >= 11 is 3.28. The van der Waals surface area contributed by atoms with Gasteiger partial charge in [0.25, 0.3) is 0 Å². The zero-order chi connectivity index (χ0) is 27.4. The molecule has 38 heavy (non-hydrogen) atoms. The first kappa shape index (κ1) is 27.3. The third-order valence-electron chi connectivity index (χ3n) is 5.58. The number of hydrogen-bond donors (Lipinski definition) is 0. The fourth-order valence-corrected chi connectivity index (χ4v) is 4.29. The van der Waals surface area contributed by atoms with Crippen molar-refractivity contribution < 1.29 is 28.2 Å². The van der Waals surface area contributed by atoms with E-state index < -0.39 is 17.4 Å². The van der Waals surface area contributed by atoms with Gasteiger partial charge >= 0.3 is 12.1 Å². The van der Waals surface area contributed by atoms with Crippen LogP contribution < -0.4 is 9.64 Å². The lowest BCUT2D eigenvalue weighted by atomic mass is 10.1. The molecule has 0 aliphatic carbocycles. The average Bonchev–Trinajstić information content (AvgIpc) is 2.87. The van der Waals surface area contributed by atoms with E-state index in [1.54, 1.807) is 23.2 Å². The van der Waals surface area contributed by atoms with Crippen LogP contribution in [0.25, 0.3) is 11.3 Å². The summed E-state index contributed by atoms with van der Waals surface area (Å²) in [4.78, 5) is 37.3. The maximum atomic E-state index is 14.0. The summed E-state index contributed by atoms with van der Waals surface area (Å²) in [6.07, 6.45) is 1.24. The minimum atomic E-state index is -0.576. The van der Waals surface area contributed by atoms with Crippen LogP contribution >= 0.6 is 15.9 Å². The first-order chi connectivity index (χ1) is 18.0. The molecule has 0 bridgehead atoms. The first-order valence-electron chi connectivity index (χ1n) is 11.9. The maximum Gasteiger partial charge on any atom is 0.410 e. The number of aromatic nitrogens is 2. The zero-order valence-electron chi connectivity index (χ0n) is 21.5. The van der Waals surface area contributed by atoms with Crippen LogP contribution in [0, 0.1) is 5.82 Å². The number of carbonyl (C=O) groups excluding carboxylic acids is 2. The molecular formula is C27H28BrFN4O5. The Morgan fingerprint density at radius 1 is 1.03 bits per heavy atom. The number of methoxy groups -OCH3 is 1. The fourth-order valence-electron chi connectivity index (χ4n) is 3.83. The van der Waals surface area contributed by atoms with Gasteiger partial charge in [0.05, 0.1) is 24.6 Å². The Labute approximate surface area is 228 Å². The molecule has 0 atom stereocenters. The van der Waals surface area contributed by atoms with Gasteiger partial charge in [-0.15, -0.1) is 0 Å². The molecular weight excluding hydrogens is 559 g/mol. The van der Waals surface area contributed by atoms with Crippen molar-refractivity contribution in [2.75, 3.05) is 38.2 Å². The van der Waals surface area contributed by atoms with Gasteiger partial charge in [-0.05, 0) is 57.2 Å². The molecule has 200 valence electrons. The zero-order valence-corrected chi connectivity index (χ0v) is 23.1. The minimum absolute atomic E-state index is 0.129. The van der Waals surface area contributed by atoms with Crippen LogP contribution in [0.2, 0.25) is 0 Å². The molecule has 3 heterocycles. The molecule has 0 spiro atoms. The molecule has 1 aliphatic rings. The quantitative estimate of drug-likeness (QED) is 0.352. The van der Waals surface area contributed by atoms with E-state index in [0.717, 1.165) is 5.82 Å². The number of piperazine rings is 1. The number of benzene rings is 1. The van der Waals surface area contributed by atoms with Crippen LogP contribution in [-0.2, 0) is 9.47 Å². The number of halogens is 2. The highest BCUT2D eigenvalue weighted by atomic mass is 79.9. The first-order valence-corrected chi connectivity index (χ1v) is 12.7. The number of pyridine rings is 2. The Balaban J connectivity index is 1.47. The molecule has 1 aromatic carbocycles. The van der Waals surface area contributed by atoms with Crippen molar-refractivity contribution in [2.24, 2.45) is 0 Å². The highest BCUT2D eigenvalue weighted by Crippen LogP contribution is 2.29. The van der Waals surface area contributed by atoms with Gasteiger partial charge in [-0.25, -0.2) is 23.9 Å². The predicted molar refractivity (Wildman–Crippen MR) is 143 cm³/mol. The lowest BCUT2D eigenvalue weighted by molar-refractivity contribution is 0.0240. The van der Waals surface area contributed by atoms with Crippen LogP contribution in [0.15, 0.2) is 53.1 Å².